The molecule has 2 aromatic carbocycles. The molecule has 1 N–H and O–H groups in total. The van der Waals surface area contributed by atoms with Crippen molar-refractivity contribution >= 4 is 26.7 Å². The summed E-state index contributed by atoms with van der Waals surface area (Å²) < 4.78 is 27.4. The number of nitrogens with zero attached hydrogens (tertiary/aromatic N) is 1. The van der Waals surface area contributed by atoms with Gasteiger partial charge in [0.1, 0.15) is 0 Å². The van der Waals surface area contributed by atoms with Crippen LogP contribution < -0.4 is 0 Å². The van der Waals surface area contributed by atoms with Gasteiger partial charge in [-0.05, 0) is 37.5 Å². The Morgan fingerprint density at radius 3 is 2.44 bits per heavy atom. The summed E-state index contributed by atoms with van der Waals surface area (Å²) in [5, 5.41) is 0.928. The molecule has 0 unspecified atom stereocenters. The van der Waals surface area contributed by atoms with Crippen molar-refractivity contribution in [3.63, 3.8) is 0 Å². The molecule has 0 saturated carbocycles. The van der Waals surface area contributed by atoms with E-state index in [9.17, 15) is 13.2 Å². The number of sulfonamides is 1. The summed E-state index contributed by atoms with van der Waals surface area (Å²) in [4.78, 5) is 16.5. The molecule has 0 radical (unpaired) electrons. The fraction of sp³-hybridized carbons (Fsp3) is 0.286. The van der Waals surface area contributed by atoms with Gasteiger partial charge in [0, 0.05) is 41.7 Å². The summed E-state index contributed by atoms with van der Waals surface area (Å²) in [5.41, 5.74) is 2.39. The van der Waals surface area contributed by atoms with Crippen LogP contribution in [0.15, 0.2) is 59.6 Å². The molecule has 0 amide bonds. The number of piperidine rings is 1. The van der Waals surface area contributed by atoms with E-state index in [-0.39, 0.29) is 11.7 Å². The summed E-state index contributed by atoms with van der Waals surface area (Å²) in [5.74, 6) is -0.0482. The van der Waals surface area contributed by atoms with Crippen LogP contribution in [-0.4, -0.2) is 36.6 Å². The molecular weight excluding hydrogens is 360 g/mol. The maximum absolute atomic E-state index is 13.0. The van der Waals surface area contributed by atoms with E-state index in [1.54, 1.807) is 31.3 Å². The molecule has 0 aliphatic carbocycles. The van der Waals surface area contributed by atoms with Crippen LogP contribution in [0.2, 0.25) is 0 Å². The minimum atomic E-state index is -3.51. The third-order valence-corrected chi connectivity index (χ3v) is 7.45. The highest BCUT2D eigenvalue weighted by atomic mass is 32.2. The lowest BCUT2D eigenvalue weighted by Crippen LogP contribution is -2.40. The molecular formula is C21H22N2O3S. The maximum atomic E-state index is 13.0. The Morgan fingerprint density at radius 1 is 1.04 bits per heavy atom. The number of nitrogens with one attached hydrogen (secondary N) is 1. The van der Waals surface area contributed by atoms with Crippen LogP contribution in [0, 0.1) is 12.8 Å². The Labute approximate surface area is 159 Å². The average Bonchev–Trinajstić information content (AvgIpc) is 3.12. The molecule has 4 rings (SSSR count). The molecule has 3 aromatic rings. The van der Waals surface area contributed by atoms with E-state index in [1.165, 1.54) is 4.31 Å². The van der Waals surface area contributed by atoms with Gasteiger partial charge in [-0.1, -0.05) is 36.4 Å². The minimum Gasteiger partial charge on any atom is -0.360 e. The number of aryl methyl sites for hydroxylation is 1. The number of hydrogen-bond acceptors (Lipinski definition) is 3. The monoisotopic (exact) mass is 382 g/mol. The van der Waals surface area contributed by atoms with Gasteiger partial charge >= 0.3 is 0 Å². The van der Waals surface area contributed by atoms with E-state index in [1.807, 2.05) is 30.3 Å². The number of benzene rings is 2. The van der Waals surface area contributed by atoms with Crippen molar-refractivity contribution in [3.05, 3.63) is 65.9 Å². The Morgan fingerprint density at radius 2 is 1.70 bits per heavy atom. The zero-order valence-electron chi connectivity index (χ0n) is 15.2. The van der Waals surface area contributed by atoms with Crippen LogP contribution in [0.1, 0.15) is 28.8 Å². The summed E-state index contributed by atoms with van der Waals surface area (Å²) in [6.45, 7) is 2.55. The predicted octanol–water partition coefficient (Wildman–Crippen LogP) is 3.76. The molecule has 5 nitrogen and oxygen atoms in total. The molecule has 0 bridgehead atoms. The number of rotatable bonds is 4. The van der Waals surface area contributed by atoms with E-state index in [0.717, 1.165) is 16.5 Å². The second-order valence-electron chi connectivity index (χ2n) is 7.06. The van der Waals surface area contributed by atoms with Gasteiger partial charge in [-0.3, -0.25) is 4.79 Å². The van der Waals surface area contributed by atoms with E-state index in [2.05, 4.69) is 4.98 Å². The number of H-pyrrole nitrogens is 1. The summed E-state index contributed by atoms with van der Waals surface area (Å²) in [7, 11) is -3.51. The van der Waals surface area contributed by atoms with Gasteiger partial charge in [-0.15, -0.1) is 0 Å². The third kappa shape index (κ3) is 3.19. The van der Waals surface area contributed by atoms with Crippen molar-refractivity contribution in [1.82, 2.24) is 9.29 Å². The molecule has 6 heteroatoms. The van der Waals surface area contributed by atoms with Gasteiger partial charge in [-0.2, -0.15) is 4.31 Å². The van der Waals surface area contributed by atoms with Crippen molar-refractivity contribution in [3.8, 4) is 0 Å². The maximum Gasteiger partial charge on any atom is 0.243 e. The Balaban J connectivity index is 1.51. The summed E-state index contributed by atoms with van der Waals surface area (Å²) in [6.07, 6.45) is 2.86. The first kappa shape index (κ1) is 17.9. The van der Waals surface area contributed by atoms with E-state index in [4.69, 9.17) is 0 Å². The second kappa shape index (κ2) is 6.94. The fourth-order valence-electron chi connectivity index (χ4n) is 3.84. The van der Waals surface area contributed by atoms with Gasteiger partial charge in [0.2, 0.25) is 10.0 Å². The topological polar surface area (TPSA) is 70.2 Å². The van der Waals surface area contributed by atoms with Gasteiger partial charge in [-0.25, -0.2) is 8.42 Å². The molecule has 1 aliphatic rings. The quantitative estimate of drug-likeness (QED) is 0.699. The lowest BCUT2D eigenvalue weighted by molar-refractivity contribution is 0.0877. The number of hydrogen-bond donors (Lipinski definition) is 1. The predicted molar refractivity (Wildman–Crippen MR) is 105 cm³/mol. The summed E-state index contributed by atoms with van der Waals surface area (Å²) >= 11 is 0. The van der Waals surface area contributed by atoms with Gasteiger partial charge in [0.15, 0.2) is 5.78 Å². The van der Waals surface area contributed by atoms with Gasteiger partial charge in [0.05, 0.1) is 4.90 Å². The van der Waals surface area contributed by atoms with E-state index < -0.39 is 10.0 Å². The van der Waals surface area contributed by atoms with Crippen molar-refractivity contribution in [1.29, 1.82) is 0 Å². The van der Waals surface area contributed by atoms with Crippen molar-refractivity contribution in [2.24, 2.45) is 5.92 Å². The molecule has 0 spiro atoms. The molecule has 140 valence electrons. The first-order valence-corrected chi connectivity index (χ1v) is 10.6. The largest absolute Gasteiger partial charge is 0.360 e. The minimum absolute atomic E-state index is 0.0976. The Bertz CT molecular complexity index is 1090. The second-order valence-corrected chi connectivity index (χ2v) is 8.96. The standard InChI is InChI=1S/C21H22N2O3S/c1-15-6-2-5-9-20(15)27(25,26)23-12-10-16(11-13-23)21(24)18-14-22-19-8-4-3-7-17(18)19/h2-9,14,16,22H,10-13H2,1H3. The van der Waals surface area contributed by atoms with Crippen LogP contribution in [0.4, 0.5) is 0 Å². The lowest BCUT2D eigenvalue weighted by atomic mass is 9.89. The third-order valence-electron chi connectivity index (χ3n) is 5.39. The molecule has 1 aliphatic heterocycles. The van der Waals surface area contributed by atoms with Crippen LogP contribution in [0.3, 0.4) is 0 Å². The number of ketones is 1. The van der Waals surface area contributed by atoms with E-state index >= 15 is 0 Å². The molecule has 2 heterocycles. The number of Topliss-reactive ketones (excluding diaryl/α,β-unsaturated/α-hetero) is 1. The summed E-state index contributed by atoms with van der Waals surface area (Å²) in [6, 6.07) is 14.8. The van der Waals surface area contributed by atoms with Crippen LogP contribution in [0.25, 0.3) is 10.9 Å². The zero-order valence-corrected chi connectivity index (χ0v) is 16.0. The van der Waals surface area contributed by atoms with Crippen molar-refractivity contribution in [2.75, 3.05) is 13.1 Å². The first-order chi connectivity index (χ1) is 13.0. The highest BCUT2D eigenvalue weighted by molar-refractivity contribution is 7.89. The van der Waals surface area contributed by atoms with Crippen LogP contribution in [-0.2, 0) is 10.0 Å². The van der Waals surface area contributed by atoms with Crippen molar-refractivity contribution < 1.29 is 13.2 Å². The number of aromatic nitrogens is 1. The van der Waals surface area contributed by atoms with Crippen LogP contribution in [0.5, 0.6) is 0 Å². The van der Waals surface area contributed by atoms with E-state index in [0.29, 0.717) is 36.4 Å². The zero-order chi connectivity index (χ0) is 19.0. The molecule has 1 fully saturated rings. The molecule has 1 aromatic heterocycles. The van der Waals surface area contributed by atoms with Gasteiger partial charge in [0.25, 0.3) is 0 Å². The number of carbonyl (C=O) groups excluding carboxylic acids is 1. The number of fused-ring (bicyclic) bond motifs is 1. The van der Waals surface area contributed by atoms with Crippen molar-refractivity contribution in [2.45, 2.75) is 24.7 Å². The molecule has 27 heavy (non-hydrogen) atoms. The first-order valence-electron chi connectivity index (χ1n) is 9.14. The average molecular weight is 382 g/mol. The fourth-order valence-corrected chi connectivity index (χ4v) is 5.53. The highest BCUT2D eigenvalue weighted by Crippen LogP contribution is 2.29. The number of carbonyl (C=O) groups is 1. The number of aromatic amines is 1. The SMILES string of the molecule is Cc1ccccc1S(=O)(=O)N1CCC(C(=O)c2c[nH]c3ccccc23)CC1. The van der Waals surface area contributed by atoms with Crippen LogP contribution >= 0.6 is 0 Å². The molecule has 1 saturated heterocycles. The molecule has 0 atom stereocenters. The Hall–Kier alpha value is -2.44. The normalized spacial score (nSPS) is 16.6. The Kier molecular flexibility index (Phi) is 4.61. The lowest BCUT2D eigenvalue weighted by Gasteiger charge is -2.30. The highest BCUT2D eigenvalue weighted by Gasteiger charge is 2.33. The smallest absolute Gasteiger partial charge is 0.243 e. The number of para-hydroxylation sites is 1. The van der Waals surface area contributed by atoms with Gasteiger partial charge < -0.3 is 4.98 Å².